The van der Waals surface area contributed by atoms with E-state index in [4.69, 9.17) is 9.47 Å². The van der Waals surface area contributed by atoms with Gasteiger partial charge in [-0.1, -0.05) is 19.8 Å². The van der Waals surface area contributed by atoms with E-state index in [1.54, 1.807) is 0 Å². The molecule has 21 heavy (non-hydrogen) atoms. The molecule has 0 aromatic carbocycles. The average molecular weight is 292 g/mol. The molecule has 1 saturated carbocycles. The monoisotopic (exact) mass is 292 g/mol. The van der Waals surface area contributed by atoms with Gasteiger partial charge in [-0.25, -0.2) is 0 Å². The molecule has 4 nitrogen and oxygen atoms in total. The van der Waals surface area contributed by atoms with Gasteiger partial charge in [0, 0.05) is 25.2 Å². The van der Waals surface area contributed by atoms with Gasteiger partial charge in [0.1, 0.15) is 6.23 Å². The van der Waals surface area contributed by atoms with Crippen LogP contribution < -0.4 is 5.32 Å². The number of rotatable bonds is 4. The molecule has 3 aliphatic rings. The van der Waals surface area contributed by atoms with Gasteiger partial charge in [-0.15, -0.1) is 0 Å². The summed E-state index contributed by atoms with van der Waals surface area (Å²) in [4.78, 5) is 0. The molecular weight excluding hydrogens is 264 g/mol. The molecule has 6 atom stereocenters. The van der Waals surface area contributed by atoms with E-state index in [1.165, 1.54) is 25.7 Å². The Hall–Kier alpha value is -0.630. The topological polar surface area (TPSA) is 54.3 Å². The van der Waals surface area contributed by atoms with Crippen molar-refractivity contribution in [3.63, 3.8) is 0 Å². The number of nitrogens with zero attached hydrogens (tertiary/aromatic N) is 1. The molecule has 1 aliphatic carbocycles. The Balaban J connectivity index is 1.80. The van der Waals surface area contributed by atoms with E-state index < -0.39 is 0 Å². The summed E-state index contributed by atoms with van der Waals surface area (Å²) in [6.07, 6.45) is 8.47. The molecule has 118 valence electrons. The number of ether oxygens (including phenoxy) is 2. The van der Waals surface area contributed by atoms with E-state index in [2.05, 4.69) is 18.3 Å². The second-order valence-corrected chi connectivity index (χ2v) is 6.80. The Morgan fingerprint density at radius 2 is 2.10 bits per heavy atom. The molecule has 4 heteroatoms. The normalized spacial score (nSPS) is 43.2. The molecule has 2 aliphatic heterocycles. The minimum atomic E-state index is -0.108. The summed E-state index contributed by atoms with van der Waals surface area (Å²) in [7, 11) is 0. The molecule has 6 unspecified atom stereocenters. The predicted octanol–water partition coefficient (Wildman–Crippen LogP) is 2.84. The van der Waals surface area contributed by atoms with Gasteiger partial charge in [-0.3, -0.25) is 5.32 Å². The SMILES string of the molecule is CCCOC1NC2CCCCC2C(C2CCCO2)C1C#N. The number of hydrogen-bond donors (Lipinski definition) is 1. The molecule has 1 N–H and O–H groups in total. The van der Waals surface area contributed by atoms with Crippen LogP contribution in [0.25, 0.3) is 0 Å². The molecule has 0 amide bonds. The number of nitriles is 1. The summed E-state index contributed by atoms with van der Waals surface area (Å²) in [6, 6.07) is 3.07. The van der Waals surface area contributed by atoms with E-state index in [1.807, 2.05) is 0 Å². The van der Waals surface area contributed by atoms with Gasteiger partial charge < -0.3 is 9.47 Å². The van der Waals surface area contributed by atoms with Crippen LogP contribution in [-0.2, 0) is 9.47 Å². The summed E-state index contributed by atoms with van der Waals surface area (Å²) in [6.45, 7) is 3.71. The molecule has 2 saturated heterocycles. The first kappa shape index (κ1) is 15.3. The summed E-state index contributed by atoms with van der Waals surface area (Å²) in [5.41, 5.74) is 0. The van der Waals surface area contributed by atoms with Gasteiger partial charge in [-0.2, -0.15) is 5.26 Å². The Bertz CT molecular complexity index is 375. The number of fused-ring (bicyclic) bond motifs is 1. The second kappa shape index (κ2) is 7.09. The lowest BCUT2D eigenvalue weighted by Gasteiger charge is -2.49. The van der Waals surface area contributed by atoms with Crippen molar-refractivity contribution in [3.05, 3.63) is 0 Å². The van der Waals surface area contributed by atoms with Crippen LogP contribution in [0.15, 0.2) is 0 Å². The van der Waals surface area contributed by atoms with Crippen LogP contribution in [0.5, 0.6) is 0 Å². The first-order chi connectivity index (χ1) is 10.3. The molecule has 0 bridgehead atoms. The van der Waals surface area contributed by atoms with E-state index >= 15 is 0 Å². The highest BCUT2D eigenvalue weighted by atomic mass is 16.5. The predicted molar refractivity (Wildman–Crippen MR) is 80.5 cm³/mol. The summed E-state index contributed by atoms with van der Waals surface area (Å²) in [5, 5.41) is 13.4. The smallest absolute Gasteiger partial charge is 0.124 e. The van der Waals surface area contributed by atoms with Gasteiger partial charge in [-0.05, 0) is 38.0 Å². The van der Waals surface area contributed by atoms with Crippen LogP contribution in [0, 0.1) is 29.1 Å². The van der Waals surface area contributed by atoms with Crippen LogP contribution in [0.4, 0.5) is 0 Å². The van der Waals surface area contributed by atoms with Crippen LogP contribution in [-0.4, -0.2) is 31.6 Å². The fraction of sp³-hybridized carbons (Fsp3) is 0.941. The summed E-state index contributed by atoms with van der Waals surface area (Å²) < 4.78 is 12.0. The first-order valence-corrected chi connectivity index (χ1v) is 8.74. The molecule has 0 spiro atoms. The van der Waals surface area contributed by atoms with Gasteiger partial charge in [0.05, 0.1) is 18.1 Å². The van der Waals surface area contributed by atoms with Crippen LogP contribution >= 0.6 is 0 Å². The van der Waals surface area contributed by atoms with Gasteiger partial charge in [0.15, 0.2) is 0 Å². The third kappa shape index (κ3) is 3.11. The number of nitrogens with one attached hydrogen (secondary N) is 1. The zero-order valence-corrected chi connectivity index (χ0v) is 13.1. The third-order valence-electron chi connectivity index (χ3n) is 5.48. The lowest BCUT2D eigenvalue weighted by atomic mass is 9.66. The largest absolute Gasteiger partial charge is 0.378 e. The number of hydrogen-bond acceptors (Lipinski definition) is 4. The highest BCUT2D eigenvalue weighted by Gasteiger charge is 2.49. The summed E-state index contributed by atoms with van der Waals surface area (Å²) >= 11 is 0. The van der Waals surface area contributed by atoms with E-state index in [0.29, 0.717) is 17.9 Å². The quantitative estimate of drug-likeness (QED) is 0.865. The minimum Gasteiger partial charge on any atom is -0.378 e. The average Bonchev–Trinajstić information content (AvgIpc) is 3.05. The van der Waals surface area contributed by atoms with Crippen molar-refractivity contribution < 1.29 is 9.47 Å². The Morgan fingerprint density at radius 1 is 1.24 bits per heavy atom. The van der Waals surface area contributed by atoms with Crippen molar-refractivity contribution >= 4 is 0 Å². The molecule has 0 radical (unpaired) electrons. The van der Waals surface area contributed by atoms with E-state index in [-0.39, 0.29) is 18.2 Å². The highest BCUT2D eigenvalue weighted by Crippen LogP contribution is 2.44. The highest BCUT2D eigenvalue weighted by molar-refractivity contribution is 5.06. The fourth-order valence-electron chi connectivity index (χ4n) is 4.57. The zero-order chi connectivity index (χ0) is 14.7. The Kier molecular flexibility index (Phi) is 5.15. The van der Waals surface area contributed by atoms with Crippen LogP contribution in [0.2, 0.25) is 0 Å². The molecule has 0 aromatic rings. The third-order valence-corrected chi connectivity index (χ3v) is 5.48. The maximum absolute atomic E-state index is 9.76. The number of piperidine rings is 1. The van der Waals surface area contributed by atoms with Crippen molar-refractivity contribution in [3.8, 4) is 6.07 Å². The van der Waals surface area contributed by atoms with E-state index in [0.717, 1.165) is 32.5 Å². The first-order valence-electron chi connectivity index (χ1n) is 8.74. The van der Waals surface area contributed by atoms with Crippen molar-refractivity contribution in [2.75, 3.05) is 13.2 Å². The standard InChI is InChI=1S/C17H28N2O2/c1-2-9-21-17-13(11-18)16(15-8-5-10-20-15)12-6-3-4-7-14(12)19-17/h12-17,19H,2-10H2,1H3. The minimum absolute atomic E-state index is 0.0704. The van der Waals surface area contributed by atoms with Crippen LogP contribution in [0.1, 0.15) is 51.9 Å². The van der Waals surface area contributed by atoms with Crippen molar-refractivity contribution in [2.24, 2.45) is 17.8 Å². The van der Waals surface area contributed by atoms with Crippen molar-refractivity contribution in [1.29, 1.82) is 5.26 Å². The lowest BCUT2D eigenvalue weighted by Crippen LogP contribution is -2.60. The Morgan fingerprint density at radius 3 is 2.81 bits per heavy atom. The van der Waals surface area contributed by atoms with Gasteiger partial charge in [0.2, 0.25) is 0 Å². The lowest BCUT2D eigenvalue weighted by molar-refractivity contribution is -0.106. The van der Waals surface area contributed by atoms with Crippen molar-refractivity contribution in [2.45, 2.75) is 70.2 Å². The Labute approximate surface area is 128 Å². The van der Waals surface area contributed by atoms with Gasteiger partial charge >= 0.3 is 0 Å². The zero-order valence-electron chi connectivity index (χ0n) is 13.1. The molecule has 2 heterocycles. The van der Waals surface area contributed by atoms with Gasteiger partial charge in [0.25, 0.3) is 0 Å². The maximum Gasteiger partial charge on any atom is 0.124 e. The summed E-state index contributed by atoms with van der Waals surface area (Å²) in [5.74, 6) is 0.873. The molecular formula is C17H28N2O2. The van der Waals surface area contributed by atoms with Crippen molar-refractivity contribution in [1.82, 2.24) is 5.32 Å². The molecule has 3 rings (SSSR count). The molecule has 0 aromatic heterocycles. The molecule has 3 fully saturated rings. The maximum atomic E-state index is 9.76. The second-order valence-electron chi connectivity index (χ2n) is 6.80. The van der Waals surface area contributed by atoms with E-state index in [9.17, 15) is 5.26 Å². The van der Waals surface area contributed by atoms with Crippen LogP contribution in [0.3, 0.4) is 0 Å². The fourth-order valence-corrected chi connectivity index (χ4v) is 4.57.